The Morgan fingerprint density at radius 1 is 1.44 bits per heavy atom. The van der Waals surface area contributed by atoms with Gasteiger partial charge in [-0.2, -0.15) is 5.26 Å². The van der Waals surface area contributed by atoms with Gasteiger partial charge in [0.1, 0.15) is 0 Å². The van der Waals surface area contributed by atoms with Gasteiger partial charge in [-0.1, -0.05) is 32.6 Å². The number of hydrogen-bond donors (Lipinski definition) is 1. The molecular weight excluding hydrogens is 224 g/mol. The molecule has 0 aromatic rings. The van der Waals surface area contributed by atoms with E-state index in [0.717, 1.165) is 25.7 Å². The van der Waals surface area contributed by atoms with Gasteiger partial charge in [0, 0.05) is 6.42 Å². The third-order valence-corrected chi connectivity index (χ3v) is 4.13. The molecule has 0 aromatic carbocycles. The van der Waals surface area contributed by atoms with Crippen LogP contribution < -0.4 is 0 Å². The Morgan fingerprint density at radius 3 is 2.83 bits per heavy atom. The lowest BCUT2D eigenvalue weighted by atomic mass is 9.63. The molecule has 0 bridgehead atoms. The highest BCUT2D eigenvalue weighted by Gasteiger charge is 2.41. The molecule has 1 aliphatic carbocycles. The van der Waals surface area contributed by atoms with Gasteiger partial charge in [-0.05, 0) is 32.1 Å². The fourth-order valence-corrected chi connectivity index (χ4v) is 3.11. The van der Waals surface area contributed by atoms with Crippen LogP contribution in [0, 0.1) is 28.1 Å². The van der Waals surface area contributed by atoms with E-state index in [2.05, 4.69) is 13.0 Å². The summed E-state index contributed by atoms with van der Waals surface area (Å²) >= 11 is 0. The van der Waals surface area contributed by atoms with E-state index in [1.54, 1.807) is 0 Å². The highest BCUT2D eigenvalue weighted by Crippen LogP contribution is 2.46. The molecule has 1 rings (SSSR count). The molecule has 1 saturated carbocycles. The smallest absolute Gasteiger partial charge is 0.181 e. The summed E-state index contributed by atoms with van der Waals surface area (Å²) in [5.74, 6) is 0.749. The topological polar surface area (TPSA) is 56.9 Å². The van der Waals surface area contributed by atoms with Crippen LogP contribution in [-0.4, -0.2) is 12.5 Å². The summed E-state index contributed by atoms with van der Waals surface area (Å²) in [6.45, 7) is 4.61. The molecule has 2 unspecified atom stereocenters. The van der Waals surface area contributed by atoms with E-state index in [1.165, 1.54) is 19.3 Å². The third kappa shape index (κ3) is 3.73. The summed E-state index contributed by atoms with van der Waals surface area (Å²) in [7, 11) is 0. The maximum atomic E-state index is 9.63. The first-order valence-corrected chi connectivity index (χ1v) is 7.30. The standard InChI is InChI=1S/C15H26N2O/c1-3-5-8-13-9-6-7-10-15(13,12-16)11-14(17)18-4-2/h13,17H,3-11H2,1-2H3. The van der Waals surface area contributed by atoms with Crippen LogP contribution in [0.15, 0.2) is 0 Å². The normalized spacial score (nSPS) is 27.5. The average Bonchev–Trinajstić information content (AvgIpc) is 2.38. The van der Waals surface area contributed by atoms with Crippen molar-refractivity contribution in [1.82, 2.24) is 0 Å². The highest BCUT2D eigenvalue weighted by atomic mass is 16.5. The van der Waals surface area contributed by atoms with Crippen molar-refractivity contribution in [1.29, 1.82) is 10.7 Å². The Hall–Kier alpha value is -1.04. The third-order valence-electron chi connectivity index (χ3n) is 4.13. The van der Waals surface area contributed by atoms with Crippen molar-refractivity contribution in [3.8, 4) is 6.07 Å². The molecular formula is C15H26N2O. The summed E-state index contributed by atoms with van der Waals surface area (Å²) in [6, 6.07) is 2.54. The quantitative estimate of drug-likeness (QED) is 0.565. The van der Waals surface area contributed by atoms with Gasteiger partial charge in [-0.25, -0.2) is 0 Å². The predicted molar refractivity (Wildman–Crippen MR) is 73.5 cm³/mol. The van der Waals surface area contributed by atoms with E-state index in [9.17, 15) is 5.26 Å². The molecule has 3 heteroatoms. The van der Waals surface area contributed by atoms with Gasteiger partial charge in [0.25, 0.3) is 0 Å². The SMILES string of the molecule is CCCCC1CCCCC1(C#N)CC(=N)OCC. The molecule has 0 saturated heterocycles. The van der Waals surface area contributed by atoms with Crippen molar-refractivity contribution in [2.24, 2.45) is 11.3 Å². The second kappa shape index (κ2) is 7.41. The van der Waals surface area contributed by atoms with Crippen molar-refractivity contribution >= 4 is 5.90 Å². The zero-order valence-electron chi connectivity index (χ0n) is 11.8. The van der Waals surface area contributed by atoms with Crippen LogP contribution in [0.4, 0.5) is 0 Å². The van der Waals surface area contributed by atoms with Gasteiger partial charge >= 0.3 is 0 Å². The molecule has 0 amide bonds. The van der Waals surface area contributed by atoms with E-state index < -0.39 is 0 Å². The van der Waals surface area contributed by atoms with Crippen molar-refractivity contribution in [2.75, 3.05) is 6.61 Å². The van der Waals surface area contributed by atoms with E-state index in [-0.39, 0.29) is 5.41 Å². The molecule has 0 spiro atoms. The van der Waals surface area contributed by atoms with Gasteiger partial charge in [0.05, 0.1) is 18.1 Å². The molecule has 0 aromatic heterocycles. The van der Waals surface area contributed by atoms with Crippen LogP contribution in [0.1, 0.15) is 65.2 Å². The number of hydrogen-bond acceptors (Lipinski definition) is 3. The molecule has 0 radical (unpaired) electrons. The van der Waals surface area contributed by atoms with Crippen molar-refractivity contribution < 1.29 is 4.74 Å². The minimum atomic E-state index is -0.334. The van der Waals surface area contributed by atoms with E-state index in [4.69, 9.17) is 10.1 Å². The Bertz CT molecular complexity index is 308. The fraction of sp³-hybridized carbons (Fsp3) is 0.867. The van der Waals surface area contributed by atoms with Crippen LogP contribution in [-0.2, 0) is 4.74 Å². The lowest BCUT2D eigenvalue weighted by Gasteiger charge is -2.39. The maximum Gasteiger partial charge on any atom is 0.181 e. The van der Waals surface area contributed by atoms with Crippen LogP contribution in [0.25, 0.3) is 0 Å². The lowest BCUT2D eigenvalue weighted by molar-refractivity contribution is 0.142. The molecule has 1 N–H and O–H groups in total. The molecule has 0 aliphatic heterocycles. The number of rotatable bonds is 6. The largest absolute Gasteiger partial charge is 0.481 e. The molecule has 1 fully saturated rings. The maximum absolute atomic E-state index is 9.63. The first-order chi connectivity index (χ1) is 8.68. The zero-order valence-corrected chi connectivity index (χ0v) is 11.8. The first-order valence-electron chi connectivity index (χ1n) is 7.30. The Balaban J connectivity index is 2.73. The monoisotopic (exact) mass is 250 g/mol. The second-order valence-corrected chi connectivity index (χ2v) is 5.39. The predicted octanol–water partition coefficient (Wildman–Crippen LogP) is 4.28. The van der Waals surface area contributed by atoms with Crippen molar-refractivity contribution in [2.45, 2.75) is 65.2 Å². The number of nitriles is 1. The lowest BCUT2D eigenvalue weighted by Crippen LogP contribution is -2.35. The fourth-order valence-electron chi connectivity index (χ4n) is 3.11. The van der Waals surface area contributed by atoms with E-state index in [0.29, 0.717) is 24.8 Å². The van der Waals surface area contributed by atoms with Crippen LogP contribution in [0.3, 0.4) is 0 Å². The van der Waals surface area contributed by atoms with Crippen molar-refractivity contribution in [3.05, 3.63) is 0 Å². The van der Waals surface area contributed by atoms with Crippen LogP contribution in [0.2, 0.25) is 0 Å². The van der Waals surface area contributed by atoms with Gasteiger partial charge < -0.3 is 4.74 Å². The van der Waals surface area contributed by atoms with Gasteiger partial charge in [0.2, 0.25) is 0 Å². The second-order valence-electron chi connectivity index (χ2n) is 5.39. The summed E-state index contributed by atoms with van der Waals surface area (Å²) in [4.78, 5) is 0. The minimum absolute atomic E-state index is 0.294. The molecule has 2 atom stereocenters. The number of unbranched alkanes of at least 4 members (excludes halogenated alkanes) is 1. The molecule has 3 nitrogen and oxygen atoms in total. The Kier molecular flexibility index (Phi) is 6.18. The molecule has 18 heavy (non-hydrogen) atoms. The first kappa shape index (κ1) is 15.0. The Morgan fingerprint density at radius 2 is 2.22 bits per heavy atom. The number of nitrogens with zero attached hydrogens (tertiary/aromatic N) is 1. The van der Waals surface area contributed by atoms with Crippen LogP contribution >= 0.6 is 0 Å². The summed E-state index contributed by atoms with van der Waals surface area (Å²) in [5.41, 5.74) is -0.334. The summed E-state index contributed by atoms with van der Waals surface area (Å²) < 4.78 is 5.26. The molecule has 0 heterocycles. The summed E-state index contributed by atoms with van der Waals surface area (Å²) in [5, 5.41) is 17.5. The Labute approximate surface area is 111 Å². The molecule has 102 valence electrons. The average molecular weight is 250 g/mol. The number of ether oxygens (including phenoxy) is 1. The molecule has 1 aliphatic rings. The zero-order chi connectivity index (χ0) is 13.4. The van der Waals surface area contributed by atoms with Crippen molar-refractivity contribution in [3.63, 3.8) is 0 Å². The minimum Gasteiger partial charge on any atom is -0.481 e. The summed E-state index contributed by atoms with van der Waals surface area (Å²) in [6.07, 6.45) is 8.45. The van der Waals surface area contributed by atoms with Gasteiger partial charge in [-0.3, -0.25) is 5.41 Å². The van der Waals surface area contributed by atoms with Crippen LogP contribution in [0.5, 0.6) is 0 Å². The van der Waals surface area contributed by atoms with E-state index >= 15 is 0 Å². The van der Waals surface area contributed by atoms with Gasteiger partial charge in [0.15, 0.2) is 5.90 Å². The number of nitrogens with one attached hydrogen (secondary N) is 1. The van der Waals surface area contributed by atoms with E-state index in [1.807, 2.05) is 6.92 Å². The van der Waals surface area contributed by atoms with Gasteiger partial charge in [-0.15, -0.1) is 0 Å². The highest BCUT2D eigenvalue weighted by molar-refractivity contribution is 5.74.